The molecule has 0 radical (unpaired) electrons. The van der Waals surface area contributed by atoms with Gasteiger partial charge in [-0.2, -0.15) is 0 Å². The SMILES string of the molecule is C=N/C=C(C)\C=N/CC. The zero-order valence-corrected chi connectivity index (χ0v) is 5.96. The molecule has 0 aliphatic carbocycles. The van der Waals surface area contributed by atoms with Crippen molar-refractivity contribution in [2.45, 2.75) is 13.8 Å². The first-order valence-electron chi connectivity index (χ1n) is 2.93. The third-order valence-corrected chi connectivity index (χ3v) is 0.772. The predicted molar refractivity (Wildman–Crippen MR) is 42.3 cm³/mol. The number of hydrogen-bond donors (Lipinski definition) is 0. The van der Waals surface area contributed by atoms with Crippen molar-refractivity contribution in [1.82, 2.24) is 0 Å². The van der Waals surface area contributed by atoms with E-state index in [1.54, 1.807) is 12.4 Å². The molecule has 2 heteroatoms. The molecule has 0 spiro atoms. The van der Waals surface area contributed by atoms with Gasteiger partial charge < -0.3 is 0 Å². The summed E-state index contributed by atoms with van der Waals surface area (Å²) in [5.41, 5.74) is 1.03. The van der Waals surface area contributed by atoms with Crippen LogP contribution in [0.1, 0.15) is 13.8 Å². The van der Waals surface area contributed by atoms with E-state index >= 15 is 0 Å². The molecule has 9 heavy (non-hydrogen) atoms. The first kappa shape index (κ1) is 8.08. The molecule has 0 saturated carbocycles. The van der Waals surface area contributed by atoms with Crippen molar-refractivity contribution in [2.75, 3.05) is 6.54 Å². The molecule has 0 amide bonds. The van der Waals surface area contributed by atoms with E-state index in [2.05, 4.69) is 16.7 Å². The van der Waals surface area contributed by atoms with Crippen molar-refractivity contribution in [1.29, 1.82) is 0 Å². The second-order valence-corrected chi connectivity index (χ2v) is 1.68. The Bertz CT molecular complexity index is 134. The molecule has 0 heterocycles. The maximum absolute atomic E-state index is 4.01. The average Bonchev–Trinajstić information content (AvgIpc) is 1.85. The molecule has 0 aliphatic rings. The maximum Gasteiger partial charge on any atom is 0.0361 e. The van der Waals surface area contributed by atoms with E-state index in [0.29, 0.717) is 0 Å². The predicted octanol–water partition coefficient (Wildman–Crippen LogP) is 1.68. The Kier molecular flexibility index (Phi) is 4.69. The molecule has 0 saturated heterocycles. The number of nitrogens with zero attached hydrogens (tertiary/aromatic N) is 2. The van der Waals surface area contributed by atoms with E-state index in [-0.39, 0.29) is 0 Å². The second-order valence-electron chi connectivity index (χ2n) is 1.68. The standard InChI is InChI=1S/C7H12N2/c1-4-9-6-7(2)5-8-3/h5-6H,3-4H2,1-2H3/b7-5-,9-6-. The fraction of sp³-hybridized carbons (Fsp3) is 0.429. The van der Waals surface area contributed by atoms with Crippen LogP contribution in [-0.2, 0) is 0 Å². The van der Waals surface area contributed by atoms with Crippen LogP contribution in [0.2, 0.25) is 0 Å². The van der Waals surface area contributed by atoms with E-state index < -0.39 is 0 Å². The summed E-state index contributed by atoms with van der Waals surface area (Å²) in [4.78, 5) is 7.59. The summed E-state index contributed by atoms with van der Waals surface area (Å²) in [5, 5.41) is 0. The molecule has 0 unspecified atom stereocenters. The Morgan fingerprint density at radius 3 is 2.78 bits per heavy atom. The Morgan fingerprint density at radius 2 is 2.33 bits per heavy atom. The van der Waals surface area contributed by atoms with Gasteiger partial charge in [0.05, 0.1) is 0 Å². The highest BCUT2D eigenvalue weighted by molar-refractivity contribution is 5.77. The van der Waals surface area contributed by atoms with Crippen molar-refractivity contribution >= 4 is 12.9 Å². The molecule has 0 atom stereocenters. The van der Waals surface area contributed by atoms with Gasteiger partial charge in [-0.25, -0.2) is 0 Å². The second kappa shape index (κ2) is 5.22. The molecular weight excluding hydrogens is 112 g/mol. The van der Waals surface area contributed by atoms with Crippen LogP contribution in [0.25, 0.3) is 0 Å². The van der Waals surface area contributed by atoms with Gasteiger partial charge in [0.25, 0.3) is 0 Å². The van der Waals surface area contributed by atoms with Gasteiger partial charge in [-0.3, -0.25) is 9.98 Å². The van der Waals surface area contributed by atoms with Gasteiger partial charge in [0.2, 0.25) is 0 Å². The van der Waals surface area contributed by atoms with E-state index in [4.69, 9.17) is 0 Å². The van der Waals surface area contributed by atoms with Crippen LogP contribution in [0.15, 0.2) is 21.8 Å². The Balaban J connectivity index is 3.74. The molecule has 2 nitrogen and oxygen atoms in total. The van der Waals surface area contributed by atoms with Crippen LogP contribution in [0.3, 0.4) is 0 Å². The zero-order valence-electron chi connectivity index (χ0n) is 5.96. The quantitative estimate of drug-likeness (QED) is 0.511. The van der Waals surface area contributed by atoms with Gasteiger partial charge in [0, 0.05) is 19.0 Å². The lowest BCUT2D eigenvalue weighted by Gasteiger charge is -1.84. The molecule has 0 rings (SSSR count). The van der Waals surface area contributed by atoms with Crippen LogP contribution in [-0.4, -0.2) is 19.5 Å². The number of hydrogen-bond acceptors (Lipinski definition) is 2. The third-order valence-electron chi connectivity index (χ3n) is 0.772. The van der Waals surface area contributed by atoms with Crippen molar-refractivity contribution in [3.63, 3.8) is 0 Å². The van der Waals surface area contributed by atoms with Crippen LogP contribution < -0.4 is 0 Å². The van der Waals surface area contributed by atoms with Gasteiger partial charge in [-0.15, -0.1) is 0 Å². The van der Waals surface area contributed by atoms with Crippen LogP contribution in [0.4, 0.5) is 0 Å². The molecule has 0 fully saturated rings. The molecule has 0 aromatic rings. The summed E-state index contributed by atoms with van der Waals surface area (Å²) >= 11 is 0. The topological polar surface area (TPSA) is 24.7 Å². The number of aliphatic imine (C=N–C) groups is 2. The molecule has 0 bridgehead atoms. The molecule has 0 N–H and O–H groups in total. The van der Waals surface area contributed by atoms with Crippen molar-refractivity contribution in [3.05, 3.63) is 11.8 Å². The summed E-state index contributed by atoms with van der Waals surface area (Å²) in [6.45, 7) is 8.07. The first-order valence-corrected chi connectivity index (χ1v) is 2.93. The monoisotopic (exact) mass is 124 g/mol. The molecule has 50 valence electrons. The fourth-order valence-electron chi connectivity index (χ4n) is 0.413. The summed E-state index contributed by atoms with van der Waals surface area (Å²) in [6.07, 6.45) is 3.47. The van der Waals surface area contributed by atoms with Crippen LogP contribution in [0, 0.1) is 0 Å². The lowest BCUT2D eigenvalue weighted by molar-refractivity contribution is 1.14. The molecule has 0 aromatic heterocycles. The Labute approximate surface area is 56.0 Å². The Morgan fingerprint density at radius 1 is 1.67 bits per heavy atom. The molecular formula is C7H12N2. The molecule has 0 aromatic carbocycles. The number of allylic oxidation sites excluding steroid dienone is 1. The first-order chi connectivity index (χ1) is 4.31. The van der Waals surface area contributed by atoms with E-state index in [1.807, 2.05) is 13.8 Å². The number of rotatable bonds is 3. The molecule has 0 aliphatic heterocycles. The minimum Gasteiger partial charge on any atom is -0.293 e. The Hall–Kier alpha value is -0.920. The maximum atomic E-state index is 4.01. The van der Waals surface area contributed by atoms with Crippen molar-refractivity contribution in [2.24, 2.45) is 9.98 Å². The highest BCUT2D eigenvalue weighted by Crippen LogP contribution is 1.86. The van der Waals surface area contributed by atoms with Gasteiger partial charge in [0.15, 0.2) is 0 Å². The largest absolute Gasteiger partial charge is 0.293 e. The van der Waals surface area contributed by atoms with E-state index in [1.165, 1.54) is 0 Å². The van der Waals surface area contributed by atoms with Gasteiger partial charge >= 0.3 is 0 Å². The fourth-order valence-corrected chi connectivity index (χ4v) is 0.413. The lowest BCUT2D eigenvalue weighted by atomic mass is 10.4. The van der Waals surface area contributed by atoms with Crippen LogP contribution >= 0.6 is 0 Å². The summed E-state index contributed by atoms with van der Waals surface area (Å²) in [7, 11) is 0. The average molecular weight is 124 g/mol. The van der Waals surface area contributed by atoms with Crippen molar-refractivity contribution < 1.29 is 0 Å². The zero-order chi connectivity index (χ0) is 7.11. The third kappa shape index (κ3) is 4.94. The smallest absolute Gasteiger partial charge is 0.0361 e. The van der Waals surface area contributed by atoms with Crippen LogP contribution in [0.5, 0.6) is 0 Å². The van der Waals surface area contributed by atoms with E-state index in [9.17, 15) is 0 Å². The van der Waals surface area contributed by atoms with E-state index in [0.717, 1.165) is 12.1 Å². The summed E-state index contributed by atoms with van der Waals surface area (Å²) in [5.74, 6) is 0. The van der Waals surface area contributed by atoms with Gasteiger partial charge in [-0.05, 0) is 26.1 Å². The normalized spacial score (nSPS) is 12.4. The van der Waals surface area contributed by atoms with Gasteiger partial charge in [-0.1, -0.05) is 0 Å². The van der Waals surface area contributed by atoms with Gasteiger partial charge in [0.1, 0.15) is 0 Å². The minimum atomic E-state index is 0.822. The highest BCUT2D eigenvalue weighted by atomic mass is 14.7. The van der Waals surface area contributed by atoms with Crippen molar-refractivity contribution in [3.8, 4) is 0 Å². The minimum absolute atomic E-state index is 0.822. The lowest BCUT2D eigenvalue weighted by Crippen LogP contribution is -1.77. The highest BCUT2D eigenvalue weighted by Gasteiger charge is 1.75. The summed E-state index contributed by atoms with van der Waals surface area (Å²) in [6, 6.07) is 0. The summed E-state index contributed by atoms with van der Waals surface area (Å²) < 4.78 is 0.